The van der Waals surface area contributed by atoms with Gasteiger partial charge in [-0.25, -0.2) is 9.59 Å². The molecule has 2 aliphatic carbocycles. The molecule has 4 atom stereocenters. The second kappa shape index (κ2) is 13.7. The molecule has 0 aliphatic heterocycles. The van der Waals surface area contributed by atoms with Crippen molar-refractivity contribution in [3.63, 3.8) is 0 Å². The van der Waals surface area contributed by atoms with E-state index in [0.29, 0.717) is 6.42 Å². The summed E-state index contributed by atoms with van der Waals surface area (Å²) < 4.78 is 11.5. The quantitative estimate of drug-likeness (QED) is 0.280. The van der Waals surface area contributed by atoms with Gasteiger partial charge in [-0.2, -0.15) is 0 Å². The molecule has 2 amide bonds. The van der Waals surface area contributed by atoms with Crippen LogP contribution in [0, 0.1) is 11.8 Å². The van der Waals surface area contributed by atoms with E-state index in [2.05, 4.69) is 34.9 Å². The number of hydrogen-bond acceptors (Lipinski definition) is 5. The highest BCUT2D eigenvalue weighted by Crippen LogP contribution is 2.44. The molecule has 3 aromatic carbocycles. The number of hydrogen-bond donors (Lipinski definition) is 3. The Morgan fingerprint density at radius 2 is 1.50 bits per heavy atom. The smallest absolute Gasteiger partial charge is 0.407 e. The molecule has 220 valence electrons. The first-order valence-corrected chi connectivity index (χ1v) is 14.7. The Balaban J connectivity index is 1.14. The van der Waals surface area contributed by atoms with Crippen LogP contribution in [0.5, 0.6) is 0 Å². The van der Waals surface area contributed by atoms with Gasteiger partial charge < -0.3 is 25.2 Å². The summed E-state index contributed by atoms with van der Waals surface area (Å²) >= 11 is 0. The van der Waals surface area contributed by atoms with Gasteiger partial charge in [0, 0.05) is 18.4 Å². The molecule has 3 aromatic rings. The maximum absolute atomic E-state index is 13.3. The van der Waals surface area contributed by atoms with Crippen molar-refractivity contribution in [3.05, 3.63) is 95.6 Å². The van der Waals surface area contributed by atoms with Crippen LogP contribution in [-0.2, 0) is 25.7 Å². The van der Waals surface area contributed by atoms with Gasteiger partial charge in [-0.3, -0.25) is 4.79 Å². The van der Waals surface area contributed by atoms with E-state index in [9.17, 15) is 19.5 Å². The van der Waals surface area contributed by atoms with Crippen molar-refractivity contribution in [2.45, 2.75) is 57.3 Å². The molecule has 0 aromatic heterocycles. The summed E-state index contributed by atoms with van der Waals surface area (Å²) in [7, 11) is 0. The van der Waals surface area contributed by atoms with Crippen LogP contribution in [0.2, 0.25) is 0 Å². The zero-order valence-corrected chi connectivity index (χ0v) is 23.8. The van der Waals surface area contributed by atoms with Crippen LogP contribution in [0.1, 0.15) is 55.2 Å². The third-order valence-corrected chi connectivity index (χ3v) is 8.49. The fourth-order valence-electron chi connectivity index (χ4n) is 6.20. The fraction of sp³-hybridized carbons (Fsp3) is 0.382. The summed E-state index contributed by atoms with van der Waals surface area (Å²) in [4.78, 5) is 38.1. The molecule has 0 saturated heterocycles. The maximum atomic E-state index is 13.3. The van der Waals surface area contributed by atoms with E-state index in [0.717, 1.165) is 47.1 Å². The number of rotatable bonds is 11. The Kier molecular flexibility index (Phi) is 9.54. The van der Waals surface area contributed by atoms with Crippen LogP contribution in [0.4, 0.5) is 4.79 Å². The molecular weight excluding hydrogens is 532 g/mol. The molecule has 0 unspecified atom stereocenters. The first-order valence-electron chi connectivity index (χ1n) is 14.7. The van der Waals surface area contributed by atoms with Crippen molar-refractivity contribution in [1.29, 1.82) is 0 Å². The Labute approximate surface area is 246 Å². The van der Waals surface area contributed by atoms with Crippen molar-refractivity contribution >= 4 is 18.0 Å². The highest BCUT2D eigenvalue weighted by atomic mass is 16.5. The van der Waals surface area contributed by atoms with Crippen molar-refractivity contribution in [2.75, 3.05) is 13.2 Å². The van der Waals surface area contributed by atoms with Gasteiger partial charge in [0.25, 0.3) is 0 Å². The van der Waals surface area contributed by atoms with Crippen LogP contribution in [0.25, 0.3) is 11.1 Å². The van der Waals surface area contributed by atoms with Gasteiger partial charge in [-0.1, -0.05) is 91.7 Å². The lowest BCUT2D eigenvalue weighted by Gasteiger charge is -2.32. The lowest BCUT2D eigenvalue weighted by atomic mass is 9.78. The minimum absolute atomic E-state index is 0.0320. The lowest BCUT2D eigenvalue weighted by molar-refractivity contribution is -0.147. The zero-order valence-electron chi connectivity index (χ0n) is 23.8. The van der Waals surface area contributed by atoms with E-state index in [1.165, 1.54) is 0 Å². The second-order valence-electron chi connectivity index (χ2n) is 11.2. The second-order valence-corrected chi connectivity index (χ2v) is 11.2. The molecule has 3 N–H and O–H groups in total. The minimum Gasteiger partial charge on any atom is -0.480 e. The molecule has 5 rings (SSSR count). The number of ether oxygens (including phenoxy) is 2. The largest absolute Gasteiger partial charge is 0.480 e. The van der Waals surface area contributed by atoms with Crippen molar-refractivity contribution in [1.82, 2.24) is 10.6 Å². The molecule has 0 bridgehead atoms. The number of fused-ring (bicyclic) bond motifs is 3. The molecule has 1 saturated carbocycles. The van der Waals surface area contributed by atoms with Gasteiger partial charge in [-0.15, -0.1) is 0 Å². The summed E-state index contributed by atoms with van der Waals surface area (Å²) in [5.41, 5.74) is 5.54. The number of benzene rings is 3. The lowest BCUT2D eigenvalue weighted by Crippen LogP contribution is -2.52. The number of carbonyl (C=O) groups is 3. The third kappa shape index (κ3) is 6.82. The monoisotopic (exact) mass is 570 g/mol. The summed E-state index contributed by atoms with van der Waals surface area (Å²) in [6, 6.07) is 24.6. The van der Waals surface area contributed by atoms with E-state index in [-0.39, 0.29) is 37.5 Å². The highest BCUT2D eigenvalue weighted by molar-refractivity contribution is 5.85. The maximum Gasteiger partial charge on any atom is 0.407 e. The predicted octanol–water partition coefficient (Wildman–Crippen LogP) is 5.51. The Hall–Kier alpha value is -4.17. The fourth-order valence-corrected chi connectivity index (χ4v) is 6.20. The highest BCUT2D eigenvalue weighted by Gasteiger charge is 2.36. The van der Waals surface area contributed by atoms with Crippen molar-refractivity contribution in [3.8, 4) is 11.1 Å². The van der Waals surface area contributed by atoms with Crippen LogP contribution in [0.15, 0.2) is 78.9 Å². The van der Waals surface area contributed by atoms with Crippen molar-refractivity contribution < 1.29 is 29.0 Å². The molecule has 2 aliphatic rings. The zero-order chi connectivity index (χ0) is 29.5. The average molecular weight is 571 g/mol. The number of carbonyl (C=O) groups excluding carboxylic acids is 2. The van der Waals surface area contributed by atoms with Crippen LogP contribution in [0.3, 0.4) is 0 Å². The normalized spacial score (nSPS) is 19.2. The Morgan fingerprint density at radius 1 is 0.881 bits per heavy atom. The molecule has 8 heteroatoms. The topological polar surface area (TPSA) is 114 Å². The first kappa shape index (κ1) is 29.3. The molecular formula is C34H38N2O6. The minimum atomic E-state index is -1.18. The summed E-state index contributed by atoms with van der Waals surface area (Å²) in [6.45, 7) is 2.40. The predicted molar refractivity (Wildman–Crippen MR) is 159 cm³/mol. The molecule has 0 heterocycles. The van der Waals surface area contributed by atoms with E-state index >= 15 is 0 Å². The molecule has 8 nitrogen and oxygen atoms in total. The van der Waals surface area contributed by atoms with Gasteiger partial charge in [0.2, 0.25) is 5.91 Å². The van der Waals surface area contributed by atoms with Crippen LogP contribution < -0.4 is 10.6 Å². The standard InChI is InChI=1S/C34H38N2O6/c1-22(41-20-23-11-3-2-4-12-23)31(33(38)39)36-32(37)25-14-6-5-13-24(25)19-35-34(40)42-21-30-28-17-9-7-15-26(28)27-16-8-10-18-29(27)30/h2-4,7-12,15-18,22,24-25,30-31H,5-6,13-14,19-21H2,1H3,(H,35,40)(H,36,37)(H,38,39)/t22-,24-,25-,31+/m1/s1. The summed E-state index contributed by atoms with van der Waals surface area (Å²) in [5, 5.41) is 15.4. The van der Waals surface area contributed by atoms with Crippen molar-refractivity contribution in [2.24, 2.45) is 11.8 Å². The number of alkyl carbamates (subject to hydrolysis) is 1. The Bertz CT molecular complexity index is 1350. The molecule has 0 spiro atoms. The van der Waals surface area contributed by atoms with Gasteiger partial charge in [-0.05, 0) is 53.5 Å². The first-order chi connectivity index (χ1) is 20.4. The number of carboxylic acids is 1. The van der Waals surface area contributed by atoms with E-state index < -0.39 is 30.1 Å². The number of nitrogens with one attached hydrogen (secondary N) is 2. The average Bonchev–Trinajstić information content (AvgIpc) is 3.34. The number of amides is 2. The van der Waals surface area contributed by atoms with Crippen LogP contribution in [-0.4, -0.2) is 48.4 Å². The molecule has 1 fully saturated rings. The Morgan fingerprint density at radius 3 is 2.17 bits per heavy atom. The summed E-state index contributed by atoms with van der Waals surface area (Å²) in [6.07, 6.45) is 1.96. The third-order valence-electron chi connectivity index (χ3n) is 8.49. The van der Waals surface area contributed by atoms with Crippen LogP contribution >= 0.6 is 0 Å². The molecule has 42 heavy (non-hydrogen) atoms. The summed E-state index contributed by atoms with van der Waals surface area (Å²) in [5.74, 6) is -2.02. The number of carboxylic acid groups (broad SMARTS) is 1. The molecule has 0 radical (unpaired) electrons. The van der Waals surface area contributed by atoms with Gasteiger partial charge in [0.15, 0.2) is 6.04 Å². The van der Waals surface area contributed by atoms with Gasteiger partial charge >= 0.3 is 12.1 Å². The van der Waals surface area contributed by atoms with Gasteiger partial charge in [0.1, 0.15) is 6.61 Å². The SMILES string of the molecule is C[C@@H](OCc1ccccc1)[C@H](NC(=O)[C@@H]1CCCC[C@@H]1CNC(=O)OCC1c2ccccc2-c2ccccc21)C(=O)O. The number of aliphatic carboxylic acids is 1. The van der Waals surface area contributed by atoms with E-state index in [1.807, 2.05) is 54.6 Å². The van der Waals surface area contributed by atoms with E-state index in [4.69, 9.17) is 9.47 Å². The van der Waals surface area contributed by atoms with Gasteiger partial charge in [0.05, 0.1) is 12.7 Å². The van der Waals surface area contributed by atoms with E-state index in [1.54, 1.807) is 6.92 Å².